The van der Waals surface area contributed by atoms with E-state index in [1.165, 1.54) is 48.5 Å². The van der Waals surface area contributed by atoms with E-state index >= 15 is 0 Å². The maximum Gasteiger partial charge on any atom is 0.411 e. The van der Waals surface area contributed by atoms with Gasteiger partial charge in [0, 0.05) is 11.4 Å². The van der Waals surface area contributed by atoms with Gasteiger partial charge in [-0.2, -0.15) is 17.6 Å². The summed E-state index contributed by atoms with van der Waals surface area (Å²) >= 11 is 0. The van der Waals surface area contributed by atoms with Crippen LogP contribution in [0.3, 0.4) is 0 Å². The molecule has 12 heteroatoms. The van der Waals surface area contributed by atoms with Crippen LogP contribution < -0.4 is 20.1 Å². The molecule has 0 saturated heterocycles. The minimum atomic E-state index is -1.82. The van der Waals surface area contributed by atoms with E-state index in [0.29, 0.717) is 36.1 Å². The van der Waals surface area contributed by atoms with Crippen LogP contribution in [-0.2, 0) is 9.47 Å². The Balaban J connectivity index is 1.60. The molecule has 0 aliphatic carbocycles. The number of carbonyl (C=O) groups excluding carboxylic acids is 2. The topological polar surface area (TPSA) is 95.1 Å². The van der Waals surface area contributed by atoms with Gasteiger partial charge >= 0.3 is 12.2 Å². The van der Waals surface area contributed by atoms with Crippen LogP contribution >= 0.6 is 0 Å². The molecule has 0 radical (unpaired) electrons. The molecule has 0 aliphatic heterocycles. The molecule has 0 aromatic heterocycles. The molecule has 238 valence electrons. The molecule has 44 heavy (non-hydrogen) atoms. The van der Waals surface area contributed by atoms with E-state index in [2.05, 4.69) is 38.3 Å². The van der Waals surface area contributed by atoms with E-state index in [-0.39, 0.29) is 24.7 Å². The molecule has 0 atom stereocenters. The second-order valence-electron chi connectivity index (χ2n) is 10.8. The Hall–Kier alpha value is -4.48. The van der Waals surface area contributed by atoms with Gasteiger partial charge in [-0.25, -0.2) is 9.59 Å². The molecular weight excluding hydrogens is 584 g/mol. The summed E-state index contributed by atoms with van der Waals surface area (Å²) in [5.74, 6) is -9.24. The molecule has 0 heterocycles. The summed E-state index contributed by atoms with van der Waals surface area (Å²) < 4.78 is 79.5. The minimum absolute atomic E-state index is 0.160. The maximum absolute atomic E-state index is 14.8. The largest absolute Gasteiger partial charge is 0.451 e. The molecule has 2 amide bonds. The summed E-state index contributed by atoms with van der Waals surface area (Å²) in [7, 11) is 0. The Kier molecular flexibility index (Phi) is 12.7. The first-order valence-corrected chi connectivity index (χ1v) is 14.2. The van der Waals surface area contributed by atoms with Crippen molar-refractivity contribution >= 4 is 23.6 Å². The first kappa shape index (κ1) is 34.0. The highest BCUT2D eigenvalue weighted by molar-refractivity contribution is 5.85. The van der Waals surface area contributed by atoms with Crippen LogP contribution in [0.25, 0.3) is 0 Å². The van der Waals surface area contributed by atoms with Crippen LogP contribution in [0, 0.1) is 35.1 Å². The Labute approximate surface area is 253 Å². The van der Waals surface area contributed by atoms with Crippen molar-refractivity contribution in [2.24, 2.45) is 11.8 Å². The fourth-order valence-corrected chi connectivity index (χ4v) is 3.84. The van der Waals surface area contributed by atoms with Crippen molar-refractivity contribution in [1.82, 2.24) is 0 Å². The summed E-state index contributed by atoms with van der Waals surface area (Å²) in [5.41, 5.74) is 0.598. The predicted molar refractivity (Wildman–Crippen MR) is 157 cm³/mol. The van der Waals surface area contributed by atoms with Gasteiger partial charge in [-0.15, -0.1) is 0 Å². The average Bonchev–Trinajstić information content (AvgIpc) is 2.98. The highest BCUT2D eigenvalue weighted by Gasteiger charge is 2.29. The normalized spacial score (nSPS) is 11.0. The third-order valence-electron chi connectivity index (χ3n) is 6.14. The molecule has 3 rings (SSSR count). The zero-order chi connectivity index (χ0) is 32.2. The predicted octanol–water partition coefficient (Wildman–Crippen LogP) is 9.80. The minimum Gasteiger partial charge on any atom is -0.451 e. The van der Waals surface area contributed by atoms with Gasteiger partial charge in [0.15, 0.2) is 0 Å². The SMILES string of the molecule is CC(C)CCCOC(=O)Nc1ccc(Oc2c(F)c(F)c(Oc3ccc(NC(=O)OCCCC(C)C)cc3)c(F)c2F)cc1. The lowest BCUT2D eigenvalue weighted by Gasteiger charge is -2.14. The van der Waals surface area contributed by atoms with Crippen molar-refractivity contribution in [3.63, 3.8) is 0 Å². The van der Waals surface area contributed by atoms with Gasteiger partial charge in [0.1, 0.15) is 11.5 Å². The Morgan fingerprint density at radius 2 is 0.909 bits per heavy atom. The van der Waals surface area contributed by atoms with Crippen LogP contribution in [0.15, 0.2) is 48.5 Å². The van der Waals surface area contributed by atoms with E-state index in [0.717, 1.165) is 12.8 Å². The van der Waals surface area contributed by atoms with E-state index in [1.807, 2.05) is 0 Å². The van der Waals surface area contributed by atoms with Gasteiger partial charge < -0.3 is 18.9 Å². The fourth-order valence-electron chi connectivity index (χ4n) is 3.84. The number of carbonyl (C=O) groups is 2. The number of ether oxygens (including phenoxy) is 4. The number of hydrogen-bond donors (Lipinski definition) is 2. The lowest BCUT2D eigenvalue weighted by molar-refractivity contribution is 0.157. The highest BCUT2D eigenvalue weighted by Crippen LogP contribution is 2.39. The molecule has 0 bridgehead atoms. The molecular formula is C32H36F4N2O6. The molecule has 3 aromatic rings. The average molecular weight is 621 g/mol. The van der Waals surface area contributed by atoms with E-state index < -0.39 is 47.0 Å². The lowest BCUT2D eigenvalue weighted by Crippen LogP contribution is -2.14. The zero-order valence-electron chi connectivity index (χ0n) is 25.0. The van der Waals surface area contributed by atoms with Gasteiger partial charge in [0.25, 0.3) is 0 Å². The van der Waals surface area contributed by atoms with Crippen molar-refractivity contribution in [3.8, 4) is 23.0 Å². The quantitative estimate of drug-likeness (QED) is 0.106. The Bertz CT molecular complexity index is 1260. The Morgan fingerprint density at radius 3 is 1.20 bits per heavy atom. The van der Waals surface area contributed by atoms with Crippen LogP contribution in [0.1, 0.15) is 53.4 Å². The molecule has 8 nitrogen and oxygen atoms in total. The molecule has 0 unspecified atom stereocenters. The zero-order valence-corrected chi connectivity index (χ0v) is 25.0. The first-order chi connectivity index (χ1) is 20.9. The maximum atomic E-state index is 14.8. The molecule has 3 aromatic carbocycles. The smallest absolute Gasteiger partial charge is 0.411 e. The summed E-state index contributed by atoms with van der Waals surface area (Å²) in [5, 5.41) is 4.98. The number of hydrogen-bond acceptors (Lipinski definition) is 6. The fraction of sp³-hybridized carbons (Fsp3) is 0.375. The molecule has 0 spiro atoms. The molecule has 0 aliphatic rings. The standard InChI is InChI=1S/C32H36F4N2O6/c1-19(2)7-5-17-41-31(39)37-21-9-13-23(14-10-21)43-29-25(33)27(35)30(28(36)26(29)34)44-24-15-11-22(12-16-24)38-32(40)42-18-6-8-20(3)4/h9-16,19-20H,5-8,17-18H2,1-4H3,(H,37,39)(H,38,40). The number of halogens is 4. The third-order valence-corrected chi connectivity index (χ3v) is 6.14. The summed E-state index contributed by atoms with van der Waals surface area (Å²) in [6.07, 6.45) is 1.88. The first-order valence-electron chi connectivity index (χ1n) is 14.2. The van der Waals surface area contributed by atoms with E-state index in [4.69, 9.17) is 18.9 Å². The van der Waals surface area contributed by atoms with E-state index in [1.54, 1.807) is 0 Å². The molecule has 2 N–H and O–H groups in total. The highest BCUT2D eigenvalue weighted by atomic mass is 19.2. The number of anilines is 2. The van der Waals surface area contributed by atoms with E-state index in [9.17, 15) is 27.2 Å². The van der Waals surface area contributed by atoms with Crippen molar-refractivity contribution in [2.75, 3.05) is 23.8 Å². The van der Waals surface area contributed by atoms with Gasteiger partial charge in [-0.1, -0.05) is 27.7 Å². The number of amides is 2. The van der Waals surface area contributed by atoms with Gasteiger partial charge in [-0.05, 0) is 86.1 Å². The van der Waals surface area contributed by atoms with Crippen molar-refractivity contribution < 1.29 is 46.1 Å². The lowest BCUT2D eigenvalue weighted by atomic mass is 10.1. The second kappa shape index (κ2) is 16.4. The van der Waals surface area contributed by atoms with Gasteiger partial charge in [0.2, 0.25) is 34.8 Å². The number of rotatable bonds is 14. The van der Waals surface area contributed by atoms with Crippen LogP contribution in [0.5, 0.6) is 23.0 Å². The van der Waals surface area contributed by atoms with Crippen molar-refractivity contribution in [3.05, 3.63) is 71.8 Å². The number of benzene rings is 3. The monoisotopic (exact) mass is 620 g/mol. The summed E-state index contributed by atoms with van der Waals surface area (Å²) in [6, 6.07) is 10.4. The summed E-state index contributed by atoms with van der Waals surface area (Å²) in [4.78, 5) is 23.8. The molecule has 0 fully saturated rings. The Morgan fingerprint density at radius 1 is 0.591 bits per heavy atom. The molecule has 0 saturated carbocycles. The van der Waals surface area contributed by atoms with Crippen LogP contribution in [0.4, 0.5) is 38.5 Å². The van der Waals surface area contributed by atoms with Gasteiger partial charge in [-0.3, -0.25) is 10.6 Å². The van der Waals surface area contributed by atoms with Crippen molar-refractivity contribution in [2.45, 2.75) is 53.4 Å². The van der Waals surface area contributed by atoms with Crippen molar-refractivity contribution in [1.29, 1.82) is 0 Å². The van der Waals surface area contributed by atoms with Crippen LogP contribution in [-0.4, -0.2) is 25.4 Å². The van der Waals surface area contributed by atoms with Crippen LogP contribution in [0.2, 0.25) is 0 Å². The summed E-state index contributed by atoms with van der Waals surface area (Å²) in [6.45, 7) is 8.73. The second-order valence-corrected chi connectivity index (χ2v) is 10.8. The third kappa shape index (κ3) is 10.4. The van der Waals surface area contributed by atoms with Gasteiger partial charge in [0.05, 0.1) is 13.2 Å². The number of nitrogens with one attached hydrogen (secondary N) is 2.